The number of hydrogen-bond acceptors (Lipinski definition) is 1. The van der Waals surface area contributed by atoms with Crippen LogP contribution >= 0.6 is 0 Å². The molecule has 1 aromatic carbocycles. The molecule has 0 saturated carbocycles. The molecule has 0 fully saturated rings. The van der Waals surface area contributed by atoms with E-state index in [-0.39, 0.29) is 5.04 Å². The highest BCUT2D eigenvalue weighted by Crippen LogP contribution is 2.40. The van der Waals surface area contributed by atoms with E-state index in [9.17, 15) is 0 Å². The van der Waals surface area contributed by atoms with Crippen LogP contribution in [0.4, 0.5) is 0 Å². The van der Waals surface area contributed by atoms with Gasteiger partial charge in [0, 0.05) is 5.56 Å². The van der Waals surface area contributed by atoms with Gasteiger partial charge in [-0.2, -0.15) is 0 Å². The summed E-state index contributed by atoms with van der Waals surface area (Å²) in [7, 11) is -1.83. The lowest BCUT2D eigenvalue weighted by Gasteiger charge is -2.37. The number of hydrogen-bond donors (Lipinski definition) is 0. The van der Waals surface area contributed by atoms with Crippen LogP contribution in [0.5, 0.6) is 0 Å². The minimum atomic E-state index is -1.83. The van der Waals surface area contributed by atoms with Gasteiger partial charge in [0.05, 0.1) is 0 Å². The molecule has 0 spiro atoms. The van der Waals surface area contributed by atoms with Crippen LogP contribution in [0.2, 0.25) is 18.1 Å². The van der Waals surface area contributed by atoms with Gasteiger partial charge in [-0.15, -0.1) is 6.58 Å². The van der Waals surface area contributed by atoms with Crippen molar-refractivity contribution < 1.29 is 4.43 Å². The molecular weight excluding hydrogens is 272 g/mol. The van der Waals surface area contributed by atoms with Crippen LogP contribution in [0, 0.1) is 0 Å². The average molecular weight is 303 g/mol. The molecule has 1 rings (SSSR count). The van der Waals surface area contributed by atoms with Crippen molar-refractivity contribution in [2.24, 2.45) is 0 Å². The van der Waals surface area contributed by atoms with Crippen LogP contribution in [-0.4, -0.2) is 8.32 Å². The lowest BCUT2D eigenvalue weighted by Crippen LogP contribution is -2.40. The van der Waals surface area contributed by atoms with E-state index in [1.165, 1.54) is 11.1 Å². The molecule has 2 heteroatoms. The monoisotopic (exact) mass is 302 g/mol. The van der Waals surface area contributed by atoms with E-state index in [0.717, 1.165) is 18.6 Å². The first kappa shape index (κ1) is 17.8. The summed E-state index contributed by atoms with van der Waals surface area (Å²) in [6.07, 6.45) is 6.02. The second-order valence-corrected chi connectivity index (χ2v) is 11.7. The standard InChI is InChI=1S/C19H30OSi/c1-8-12-16-14-10-11-15-17(16)18(13-9-2)20-21(6,7)19(3,4)5/h8,10-11,13-15H,1,9,12H2,2-7H3/b18-13+. The molecular formula is C19H30OSi. The Kier molecular flexibility index (Phi) is 6.03. The van der Waals surface area contributed by atoms with Crippen LogP contribution in [-0.2, 0) is 10.8 Å². The minimum Gasteiger partial charge on any atom is -0.543 e. The molecule has 0 atom stereocenters. The lowest BCUT2D eigenvalue weighted by molar-refractivity contribution is 0.456. The predicted octanol–water partition coefficient (Wildman–Crippen LogP) is 6.19. The van der Waals surface area contributed by atoms with E-state index in [2.05, 4.69) is 77.7 Å². The summed E-state index contributed by atoms with van der Waals surface area (Å²) in [5, 5.41) is 0.202. The zero-order valence-corrected chi connectivity index (χ0v) is 15.5. The molecule has 116 valence electrons. The van der Waals surface area contributed by atoms with E-state index in [1.54, 1.807) is 0 Å². The maximum atomic E-state index is 6.58. The van der Waals surface area contributed by atoms with Crippen molar-refractivity contribution in [2.45, 2.75) is 58.7 Å². The van der Waals surface area contributed by atoms with Crippen LogP contribution in [0.3, 0.4) is 0 Å². The largest absolute Gasteiger partial charge is 0.543 e. The maximum Gasteiger partial charge on any atom is 0.250 e. The van der Waals surface area contributed by atoms with Gasteiger partial charge in [-0.3, -0.25) is 0 Å². The molecule has 0 saturated heterocycles. The predicted molar refractivity (Wildman–Crippen MR) is 96.9 cm³/mol. The van der Waals surface area contributed by atoms with Crippen molar-refractivity contribution in [1.29, 1.82) is 0 Å². The third kappa shape index (κ3) is 4.60. The Morgan fingerprint density at radius 1 is 1.24 bits per heavy atom. The van der Waals surface area contributed by atoms with Crippen molar-refractivity contribution >= 4 is 14.1 Å². The second kappa shape index (κ2) is 7.12. The Morgan fingerprint density at radius 2 is 1.86 bits per heavy atom. The number of allylic oxidation sites excluding steroid dienone is 2. The average Bonchev–Trinajstić information content (AvgIpc) is 2.38. The Morgan fingerprint density at radius 3 is 2.38 bits per heavy atom. The fourth-order valence-electron chi connectivity index (χ4n) is 1.91. The molecule has 0 aliphatic rings. The summed E-state index contributed by atoms with van der Waals surface area (Å²) in [6.45, 7) is 17.4. The Labute approximate surface area is 131 Å². The normalized spacial score (nSPS) is 13.1. The van der Waals surface area contributed by atoms with E-state index >= 15 is 0 Å². The Balaban J connectivity index is 3.21. The molecule has 0 bridgehead atoms. The van der Waals surface area contributed by atoms with Crippen LogP contribution < -0.4 is 0 Å². The lowest BCUT2D eigenvalue weighted by atomic mass is 10.0. The first-order chi connectivity index (χ1) is 9.73. The van der Waals surface area contributed by atoms with Gasteiger partial charge in [0.2, 0.25) is 8.32 Å². The van der Waals surface area contributed by atoms with E-state index in [0.29, 0.717) is 0 Å². The molecule has 0 heterocycles. The van der Waals surface area contributed by atoms with E-state index < -0.39 is 8.32 Å². The van der Waals surface area contributed by atoms with Gasteiger partial charge in [-0.25, -0.2) is 0 Å². The highest BCUT2D eigenvalue weighted by atomic mass is 28.4. The molecule has 0 N–H and O–H groups in total. The summed E-state index contributed by atoms with van der Waals surface area (Å²) < 4.78 is 6.58. The maximum absolute atomic E-state index is 6.58. The molecule has 0 radical (unpaired) electrons. The fourth-order valence-corrected chi connectivity index (χ4v) is 2.96. The van der Waals surface area contributed by atoms with E-state index in [4.69, 9.17) is 4.43 Å². The van der Waals surface area contributed by atoms with Crippen molar-refractivity contribution in [3.05, 3.63) is 54.1 Å². The molecule has 21 heavy (non-hydrogen) atoms. The van der Waals surface area contributed by atoms with Gasteiger partial charge in [-0.1, -0.05) is 58.0 Å². The second-order valence-electron chi connectivity index (χ2n) is 6.99. The summed E-state index contributed by atoms with van der Waals surface area (Å²) in [5.74, 6) is 1.04. The van der Waals surface area contributed by atoms with Gasteiger partial charge in [0.15, 0.2) is 0 Å². The zero-order valence-electron chi connectivity index (χ0n) is 14.5. The topological polar surface area (TPSA) is 9.23 Å². The molecule has 0 aliphatic carbocycles. The van der Waals surface area contributed by atoms with Gasteiger partial charge in [0.1, 0.15) is 5.76 Å². The summed E-state index contributed by atoms with van der Waals surface area (Å²) in [5.41, 5.74) is 2.50. The molecule has 1 aromatic rings. The smallest absolute Gasteiger partial charge is 0.250 e. The van der Waals surface area contributed by atoms with Crippen LogP contribution in [0.15, 0.2) is 43.0 Å². The van der Waals surface area contributed by atoms with Gasteiger partial charge in [-0.05, 0) is 42.6 Å². The Hall–Kier alpha value is -1.28. The minimum absolute atomic E-state index is 0.202. The summed E-state index contributed by atoms with van der Waals surface area (Å²) in [4.78, 5) is 0. The van der Waals surface area contributed by atoms with Crippen molar-refractivity contribution in [3.8, 4) is 0 Å². The SMILES string of the molecule is C=CCc1ccccc1/C(=C\CC)O[Si](C)(C)C(C)(C)C. The van der Waals surface area contributed by atoms with E-state index in [1.807, 2.05) is 6.08 Å². The van der Waals surface area contributed by atoms with Crippen molar-refractivity contribution in [1.82, 2.24) is 0 Å². The first-order valence-corrected chi connectivity index (χ1v) is 10.7. The third-order valence-corrected chi connectivity index (χ3v) is 8.55. The summed E-state index contributed by atoms with van der Waals surface area (Å²) in [6, 6.07) is 8.49. The van der Waals surface area contributed by atoms with Crippen molar-refractivity contribution in [3.63, 3.8) is 0 Å². The molecule has 1 nitrogen and oxygen atoms in total. The Bertz CT molecular complexity index is 507. The molecule has 0 aromatic heterocycles. The first-order valence-electron chi connectivity index (χ1n) is 7.81. The third-order valence-electron chi connectivity index (χ3n) is 4.21. The van der Waals surface area contributed by atoms with Crippen LogP contribution in [0.1, 0.15) is 45.2 Å². The summed E-state index contributed by atoms with van der Waals surface area (Å²) >= 11 is 0. The molecule has 0 aliphatic heterocycles. The zero-order chi connectivity index (χ0) is 16.1. The van der Waals surface area contributed by atoms with Gasteiger partial charge >= 0.3 is 0 Å². The van der Waals surface area contributed by atoms with Crippen molar-refractivity contribution in [2.75, 3.05) is 0 Å². The highest BCUT2D eigenvalue weighted by Gasteiger charge is 2.39. The van der Waals surface area contributed by atoms with Gasteiger partial charge in [0.25, 0.3) is 0 Å². The number of benzene rings is 1. The number of rotatable bonds is 6. The van der Waals surface area contributed by atoms with Crippen LogP contribution in [0.25, 0.3) is 5.76 Å². The highest BCUT2D eigenvalue weighted by molar-refractivity contribution is 6.74. The quantitative estimate of drug-likeness (QED) is 0.346. The fraction of sp³-hybridized carbons (Fsp3) is 0.474. The molecule has 0 amide bonds. The molecule has 0 unspecified atom stereocenters. The van der Waals surface area contributed by atoms with Gasteiger partial charge < -0.3 is 4.43 Å².